The lowest BCUT2D eigenvalue weighted by molar-refractivity contribution is 0.583. The van der Waals surface area contributed by atoms with Crippen molar-refractivity contribution in [2.24, 2.45) is 0 Å². The highest BCUT2D eigenvalue weighted by Gasteiger charge is 2.14. The molecule has 1 nitrogen and oxygen atoms in total. The predicted molar refractivity (Wildman–Crippen MR) is 90.2 cm³/mol. The van der Waals surface area contributed by atoms with Gasteiger partial charge in [0.25, 0.3) is 0 Å². The lowest BCUT2D eigenvalue weighted by Crippen LogP contribution is -2.19. The Bertz CT molecular complexity index is 586. The first-order valence-corrected chi connectivity index (χ1v) is 8.38. The van der Waals surface area contributed by atoms with Crippen LogP contribution in [0.1, 0.15) is 17.2 Å². The lowest BCUT2D eigenvalue weighted by Gasteiger charge is -2.19. The van der Waals surface area contributed by atoms with E-state index < -0.39 is 0 Å². The van der Waals surface area contributed by atoms with Crippen molar-refractivity contribution in [1.82, 2.24) is 5.32 Å². The van der Waals surface area contributed by atoms with Gasteiger partial charge in [0.2, 0.25) is 0 Å². The van der Waals surface area contributed by atoms with Crippen molar-refractivity contribution in [2.75, 3.05) is 13.3 Å². The van der Waals surface area contributed by atoms with Gasteiger partial charge in [0.05, 0.1) is 10.0 Å². The smallest absolute Gasteiger partial charge is 0.0595 e. The third-order valence-electron chi connectivity index (χ3n) is 3.29. The van der Waals surface area contributed by atoms with E-state index in [0.717, 1.165) is 6.42 Å². The molecule has 0 aliphatic heterocycles. The Hall–Kier alpha value is -0.670. The Morgan fingerprint density at radius 2 is 1.85 bits per heavy atom. The molecule has 1 unspecified atom stereocenters. The minimum atomic E-state index is 0.260. The zero-order valence-electron chi connectivity index (χ0n) is 11.5. The average molecular weight is 326 g/mol. The minimum Gasteiger partial charge on any atom is -0.313 e. The second-order valence-corrected chi connectivity index (χ2v) is 6.20. The second-order valence-electron chi connectivity index (χ2n) is 4.54. The maximum Gasteiger partial charge on any atom is 0.0595 e. The standard InChI is InChI=1S/C16H17Cl2NS/c1-19-15(12-5-3-4-6-16(12)20-2)10-11-7-8-13(17)14(18)9-11/h3-9,15,19H,10H2,1-2H3. The van der Waals surface area contributed by atoms with Gasteiger partial charge in [-0.25, -0.2) is 0 Å². The molecule has 0 saturated heterocycles. The van der Waals surface area contributed by atoms with Crippen LogP contribution in [0, 0.1) is 0 Å². The van der Waals surface area contributed by atoms with E-state index in [1.165, 1.54) is 16.0 Å². The van der Waals surface area contributed by atoms with Gasteiger partial charge in [-0.15, -0.1) is 11.8 Å². The summed E-state index contributed by atoms with van der Waals surface area (Å²) >= 11 is 13.8. The quantitative estimate of drug-likeness (QED) is 0.756. The maximum absolute atomic E-state index is 6.09. The van der Waals surface area contributed by atoms with Gasteiger partial charge in [-0.1, -0.05) is 47.5 Å². The van der Waals surface area contributed by atoms with E-state index in [1.807, 2.05) is 25.2 Å². The molecule has 0 aliphatic rings. The van der Waals surface area contributed by atoms with Crippen LogP contribution in [-0.2, 0) is 6.42 Å². The molecule has 20 heavy (non-hydrogen) atoms. The van der Waals surface area contributed by atoms with Crippen LogP contribution in [0.25, 0.3) is 0 Å². The van der Waals surface area contributed by atoms with Crippen molar-refractivity contribution in [3.63, 3.8) is 0 Å². The number of hydrogen-bond donors (Lipinski definition) is 1. The summed E-state index contributed by atoms with van der Waals surface area (Å²) < 4.78 is 0. The maximum atomic E-state index is 6.09. The molecule has 0 bridgehead atoms. The fraction of sp³-hybridized carbons (Fsp3) is 0.250. The van der Waals surface area contributed by atoms with Crippen LogP contribution in [0.4, 0.5) is 0 Å². The fourth-order valence-corrected chi connectivity index (χ4v) is 3.21. The van der Waals surface area contributed by atoms with E-state index in [0.29, 0.717) is 10.0 Å². The van der Waals surface area contributed by atoms with Crippen LogP contribution in [0.2, 0.25) is 10.0 Å². The first kappa shape index (κ1) is 15.7. The molecule has 1 N–H and O–H groups in total. The zero-order valence-corrected chi connectivity index (χ0v) is 13.8. The van der Waals surface area contributed by atoms with Gasteiger partial charge < -0.3 is 5.32 Å². The third-order valence-corrected chi connectivity index (χ3v) is 4.84. The van der Waals surface area contributed by atoms with E-state index in [9.17, 15) is 0 Å². The molecule has 2 aromatic carbocycles. The molecular formula is C16H17Cl2NS. The van der Waals surface area contributed by atoms with Crippen molar-refractivity contribution in [3.05, 3.63) is 63.6 Å². The summed E-state index contributed by atoms with van der Waals surface area (Å²) in [5.41, 5.74) is 2.49. The predicted octanol–water partition coefficient (Wildman–Crippen LogP) is 5.22. The third kappa shape index (κ3) is 3.70. The molecule has 1 atom stereocenters. The summed E-state index contributed by atoms with van der Waals surface area (Å²) in [6.07, 6.45) is 2.98. The van der Waals surface area contributed by atoms with Crippen LogP contribution in [-0.4, -0.2) is 13.3 Å². The number of nitrogens with one attached hydrogen (secondary N) is 1. The summed E-state index contributed by atoms with van der Waals surface area (Å²) in [6, 6.07) is 14.6. The topological polar surface area (TPSA) is 12.0 Å². The van der Waals surface area contributed by atoms with Crippen molar-refractivity contribution >= 4 is 35.0 Å². The molecule has 2 aromatic rings. The summed E-state index contributed by atoms with van der Waals surface area (Å²) in [6.45, 7) is 0. The molecule has 0 fully saturated rings. The average Bonchev–Trinajstić information content (AvgIpc) is 2.48. The molecule has 106 valence electrons. The molecule has 0 aromatic heterocycles. The monoisotopic (exact) mass is 325 g/mol. The zero-order chi connectivity index (χ0) is 14.5. The molecule has 0 aliphatic carbocycles. The Morgan fingerprint density at radius 3 is 2.50 bits per heavy atom. The highest BCUT2D eigenvalue weighted by Crippen LogP contribution is 2.29. The van der Waals surface area contributed by atoms with E-state index in [1.54, 1.807) is 11.8 Å². The van der Waals surface area contributed by atoms with Crippen LogP contribution in [0.15, 0.2) is 47.4 Å². The lowest BCUT2D eigenvalue weighted by atomic mass is 9.99. The normalized spacial score (nSPS) is 12.4. The van der Waals surface area contributed by atoms with Gasteiger partial charge in [0.15, 0.2) is 0 Å². The molecular weight excluding hydrogens is 309 g/mol. The van der Waals surface area contributed by atoms with Gasteiger partial charge in [-0.2, -0.15) is 0 Å². The van der Waals surface area contributed by atoms with Gasteiger partial charge >= 0.3 is 0 Å². The second kappa shape index (κ2) is 7.37. The minimum absolute atomic E-state index is 0.260. The summed E-state index contributed by atoms with van der Waals surface area (Å²) in [5, 5.41) is 4.59. The van der Waals surface area contributed by atoms with E-state index in [4.69, 9.17) is 23.2 Å². The molecule has 0 saturated carbocycles. The Morgan fingerprint density at radius 1 is 1.10 bits per heavy atom. The molecule has 0 heterocycles. The van der Waals surface area contributed by atoms with E-state index >= 15 is 0 Å². The SMILES string of the molecule is CNC(Cc1ccc(Cl)c(Cl)c1)c1ccccc1SC. The van der Waals surface area contributed by atoms with Gasteiger partial charge in [0, 0.05) is 10.9 Å². The summed E-state index contributed by atoms with van der Waals surface area (Å²) in [4.78, 5) is 1.30. The summed E-state index contributed by atoms with van der Waals surface area (Å²) in [5.74, 6) is 0. The highest BCUT2D eigenvalue weighted by atomic mass is 35.5. The number of hydrogen-bond acceptors (Lipinski definition) is 2. The Labute approximate surface area is 134 Å². The Kier molecular flexibility index (Phi) is 5.79. The van der Waals surface area contributed by atoms with Crippen molar-refractivity contribution in [2.45, 2.75) is 17.4 Å². The number of rotatable bonds is 5. The molecule has 4 heteroatoms. The first-order chi connectivity index (χ1) is 9.65. The van der Waals surface area contributed by atoms with E-state index in [2.05, 4.69) is 35.8 Å². The van der Waals surface area contributed by atoms with Crippen LogP contribution >= 0.6 is 35.0 Å². The molecule has 0 spiro atoms. The molecule has 0 amide bonds. The molecule has 0 radical (unpaired) electrons. The van der Waals surface area contributed by atoms with Crippen LogP contribution in [0.5, 0.6) is 0 Å². The largest absolute Gasteiger partial charge is 0.313 e. The van der Waals surface area contributed by atoms with Crippen molar-refractivity contribution in [1.29, 1.82) is 0 Å². The van der Waals surface area contributed by atoms with Crippen molar-refractivity contribution < 1.29 is 0 Å². The number of likely N-dealkylation sites (N-methyl/N-ethyl adjacent to an activating group) is 1. The Balaban J connectivity index is 2.26. The summed E-state index contributed by atoms with van der Waals surface area (Å²) in [7, 11) is 1.99. The first-order valence-electron chi connectivity index (χ1n) is 6.39. The number of benzene rings is 2. The number of halogens is 2. The van der Waals surface area contributed by atoms with Gasteiger partial charge in [-0.05, 0) is 49.1 Å². The fourth-order valence-electron chi connectivity index (χ4n) is 2.22. The van der Waals surface area contributed by atoms with Gasteiger partial charge in [-0.3, -0.25) is 0 Å². The highest BCUT2D eigenvalue weighted by molar-refractivity contribution is 7.98. The van der Waals surface area contributed by atoms with Gasteiger partial charge in [0.1, 0.15) is 0 Å². The van der Waals surface area contributed by atoms with E-state index in [-0.39, 0.29) is 6.04 Å². The van der Waals surface area contributed by atoms with Crippen molar-refractivity contribution in [3.8, 4) is 0 Å². The van der Waals surface area contributed by atoms with Crippen LogP contribution in [0.3, 0.4) is 0 Å². The molecule has 2 rings (SSSR count). The van der Waals surface area contributed by atoms with Crippen LogP contribution < -0.4 is 5.32 Å². The number of thioether (sulfide) groups is 1.